The summed E-state index contributed by atoms with van der Waals surface area (Å²) in [6.45, 7) is -0.563. The maximum Gasteiger partial charge on any atom is 0.239 e. The third kappa shape index (κ3) is 0.571. The Hall–Kier alpha value is -0.640. The lowest BCUT2D eigenvalue weighted by molar-refractivity contribution is -0.130. The molecule has 1 heterocycles. The van der Waals surface area contributed by atoms with Gasteiger partial charge in [-0.3, -0.25) is 4.79 Å². The van der Waals surface area contributed by atoms with Crippen LogP contribution in [0.5, 0.6) is 0 Å². The van der Waals surface area contributed by atoms with E-state index in [2.05, 4.69) is 5.32 Å². The molecule has 1 saturated heterocycles. The van der Waals surface area contributed by atoms with Gasteiger partial charge in [-0.15, -0.1) is 0 Å². The molecule has 0 aromatic heterocycles. The molecule has 0 radical (unpaired) electrons. The molecule has 1 aliphatic rings. The van der Waals surface area contributed by atoms with Crippen LogP contribution in [-0.4, -0.2) is 24.7 Å². The van der Waals surface area contributed by atoms with Gasteiger partial charge in [0, 0.05) is 0 Å². The van der Waals surface area contributed by atoms with Gasteiger partial charge in [0.2, 0.25) is 5.91 Å². The average Bonchev–Trinajstić information content (AvgIpc) is 1.81. The third-order valence-corrected chi connectivity index (χ3v) is 1.23. The first kappa shape index (κ1) is 5.50. The second-order valence-corrected chi connectivity index (χ2v) is 1.80. The molecule has 1 amide bonds. The second-order valence-electron chi connectivity index (χ2n) is 1.80. The molecule has 0 spiro atoms. The predicted octanol–water partition coefficient (Wildman–Crippen LogP) is -1.22. The molecule has 4 heteroatoms. The van der Waals surface area contributed by atoms with Gasteiger partial charge in [0.25, 0.3) is 0 Å². The third-order valence-electron chi connectivity index (χ3n) is 1.23. The van der Waals surface area contributed by atoms with Crippen LogP contribution >= 0.6 is 0 Å². The van der Waals surface area contributed by atoms with Crippen LogP contribution in [0.4, 0.5) is 4.39 Å². The van der Waals surface area contributed by atoms with Gasteiger partial charge in [-0.1, -0.05) is 0 Å². The highest BCUT2D eigenvalue weighted by Crippen LogP contribution is 2.02. The summed E-state index contributed by atoms with van der Waals surface area (Å²) < 4.78 is 11.6. The van der Waals surface area contributed by atoms with Crippen LogP contribution in [0.3, 0.4) is 0 Å². The van der Waals surface area contributed by atoms with E-state index in [4.69, 9.17) is 5.73 Å². The molecule has 8 heavy (non-hydrogen) atoms. The van der Waals surface area contributed by atoms with Gasteiger partial charge in [0.1, 0.15) is 12.7 Å². The van der Waals surface area contributed by atoms with Crippen LogP contribution < -0.4 is 11.1 Å². The summed E-state index contributed by atoms with van der Waals surface area (Å²) >= 11 is 0. The Labute approximate surface area is 46.0 Å². The summed E-state index contributed by atoms with van der Waals surface area (Å²) in [5, 5.41) is 2.30. The van der Waals surface area contributed by atoms with Gasteiger partial charge in [-0.2, -0.15) is 0 Å². The number of nitrogens with two attached hydrogens (primary N) is 1. The number of carbonyl (C=O) groups excluding carboxylic acids is 1. The summed E-state index contributed by atoms with van der Waals surface area (Å²) in [5.74, 6) is -0.257. The van der Waals surface area contributed by atoms with Gasteiger partial charge in [0.05, 0.1) is 6.04 Å². The molecular formula is C4H7FN2O. The molecule has 0 aromatic rings. The zero-order valence-electron chi connectivity index (χ0n) is 4.23. The number of amides is 1. The van der Waals surface area contributed by atoms with E-state index < -0.39 is 18.8 Å². The van der Waals surface area contributed by atoms with Crippen molar-refractivity contribution >= 4 is 5.91 Å². The van der Waals surface area contributed by atoms with Gasteiger partial charge in [-0.05, 0) is 0 Å². The molecular weight excluding hydrogens is 111 g/mol. The molecule has 0 aliphatic carbocycles. The zero-order valence-corrected chi connectivity index (χ0v) is 4.23. The summed E-state index contributed by atoms with van der Waals surface area (Å²) in [6, 6.07) is -1.04. The van der Waals surface area contributed by atoms with Crippen LogP contribution in [-0.2, 0) is 4.79 Å². The maximum absolute atomic E-state index is 11.6. The van der Waals surface area contributed by atoms with Crippen molar-refractivity contribution in [1.82, 2.24) is 5.32 Å². The molecule has 0 saturated carbocycles. The molecule has 1 rings (SSSR count). The van der Waals surface area contributed by atoms with Crippen molar-refractivity contribution in [1.29, 1.82) is 0 Å². The highest BCUT2D eigenvalue weighted by Gasteiger charge is 2.35. The number of carbonyl (C=O) groups is 1. The fourth-order valence-corrected chi connectivity index (χ4v) is 0.590. The predicted molar refractivity (Wildman–Crippen MR) is 25.9 cm³/mol. The van der Waals surface area contributed by atoms with E-state index in [-0.39, 0.29) is 5.91 Å². The first-order valence-electron chi connectivity index (χ1n) is 2.37. The summed E-state index contributed by atoms with van der Waals surface area (Å²) in [4.78, 5) is 10.2. The molecule has 3 N–H and O–H groups in total. The van der Waals surface area contributed by atoms with E-state index >= 15 is 0 Å². The molecule has 2 atom stereocenters. The van der Waals surface area contributed by atoms with Crippen LogP contribution in [0.15, 0.2) is 0 Å². The van der Waals surface area contributed by atoms with E-state index in [1.807, 2.05) is 0 Å². The lowest BCUT2D eigenvalue weighted by Crippen LogP contribution is -2.67. The topological polar surface area (TPSA) is 55.1 Å². The second kappa shape index (κ2) is 1.70. The standard InChI is InChI=1S/C4H7FN2O/c5-1-2-3(6)4(8)7-2/h2-3H,1,6H2,(H,7,8)/t2-,3+/m0/s1. The Morgan fingerprint density at radius 2 is 2.50 bits per heavy atom. The van der Waals surface area contributed by atoms with Crippen molar-refractivity contribution in [3.05, 3.63) is 0 Å². The van der Waals surface area contributed by atoms with Crippen molar-refractivity contribution in [2.45, 2.75) is 12.1 Å². The summed E-state index contributed by atoms with van der Waals surface area (Å²) in [5.41, 5.74) is 5.12. The van der Waals surface area contributed by atoms with E-state index in [1.165, 1.54) is 0 Å². The average molecular weight is 118 g/mol. The van der Waals surface area contributed by atoms with Crippen molar-refractivity contribution in [2.75, 3.05) is 6.67 Å². The van der Waals surface area contributed by atoms with E-state index in [0.717, 1.165) is 0 Å². The number of halogens is 1. The van der Waals surface area contributed by atoms with Crippen molar-refractivity contribution < 1.29 is 9.18 Å². The number of nitrogens with one attached hydrogen (secondary N) is 1. The Morgan fingerprint density at radius 1 is 1.88 bits per heavy atom. The number of hydrogen-bond donors (Lipinski definition) is 2. The van der Waals surface area contributed by atoms with Crippen molar-refractivity contribution in [2.24, 2.45) is 5.73 Å². The monoisotopic (exact) mass is 118 g/mol. The fraction of sp³-hybridized carbons (Fsp3) is 0.750. The first-order valence-corrected chi connectivity index (χ1v) is 2.37. The number of β-lactam (4-membered cyclic amide) rings is 1. The van der Waals surface area contributed by atoms with Crippen LogP contribution in [0, 0.1) is 0 Å². The number of rotatable bonds is 1. The Morgan fingerprint density at radius 3 is 2.62 bits per heavy atom. The van der Waals surface area contributed by atoms with Gasteiger partial charge in [-0.25, -0.2) is 4.39 Å². The Bertz CT molecular complexity index is 117. The van der Waals surface area contributed by atoms with Crippen LogP contribution in [0.1, 0.15) is 0 Å². The van der Waals surface area contributed by atoms with E-state index in [0.29, 0.717) is 0 Å². The lowest BCUT2D eigenvalue weighted by Gasteiger charge is -2.31. The molecule has 46 valence electrons. The fourth-order valence-electron chi connectivity index (χ4n) is 0.590. The van der Waals surface area contributed by atoms with Crippen molar-refractivity contribution in [3.63, 3.8) is 0 Å². The minimum Gasteiger partial charge on any atom is -0.347 e. The largest absolute Gasteiger partial charge is 0.347 e. The SMILES string of the molecule is N[C@H]1C(=O)N[C@H]1CF. The van der Waals surface area contributed by atoms with E-state index in [9.17, 15) is 9.18 Å². The smallest absolute Gasteiger partial charge is 0.239 e. The molecule has 1 fully saturated rings. The Balaban J connectivity index is 2.35. The van der Waals surface area contributed by atoms with Gasteiger partial charge in [0.15, 0.2) is 0 Å². The minimum absolute atomic E-state index is 0.257. The zero-order chi connectivity index (χ0) is 6.15. The molecule has 1 aliphatic heterocycles. The summed E-state index contributed by atoms with van der Waals surface area (Å²) in [7, 11) is 0. The number of hydrogen-bond acceptors (Lipinski definition) is 2. The summed E-state index contributed by atoms with van der Waals surface area (Å²) in [6.07, 6.45) is 0. The van der Waals surface area contributed by atoms with Crippen LogP contribution in [0.2, 0.25) is 0 Å². The van der Waals surface area contributed by atoms with E-state index in [1.54, 1.807) is 0 Å². The molecule has 3 nitrogen and oxygen atoms in total. The van der Waals surface area contributed by atoms with Crippen LogP contribution in [0.25, 0.3) is 0 Å². The molecule has 0 bridgehead atoms. The molecule has 0 unspecified atom stereocenters. The maximum atomic E-state index is 11.6. The molecule has 0 aromatic carbocycles. The van der Waals surface area contributed by atoms with Crippen molar-refractivity contribution in [3.8, 4) is 0 Å². The highest BCUT2D eigenvalue weighted by molar-refractivity contribution is 5.88. The first-order chi connectivity index (χ1) is 3.75. The quantitative estimate of drug-likeness (QED) is 0.424. The lowest BCUT2D eigenvalue weighted by atomic mass is 10.0. The normalized spacial score (nSPS) is 36.0. The number of alkyl halides is 1. The Kier molecular flexibility index (Phi) is 1.17. The highest BCUT2D eigenvalue weighted by atomic mass is 19.1. The van der Waals surface area contributed by atoms with Gasteiger partial charge < -0.3 is 11.1 Å². The van der Waals surface area contributed by atoms with Gasteiger partial charge >= 0.3 is 0 Å². The minimum atomic E-state index is -0.611.